The van der Waals surface area contributed by atoms with Crippen LogP contribution >= 0.6 is 0 Å². The number of aryl methyl sites for hydroxylation is 1. The Kier molecular flexibility index (Phi) is 3.40. The molecule has 1 aromatic carbocycles. The predicted molar refractivity (Wildman–Crippen MR) is 83.5 cm³/mol. The minimum atomic E-state index is -3.55. The number of imidazole rings is 1. The second-order valence-electron chi connectivity index (χ2n) is 5.98. The zero-order chi connectivity index (χ0) is 16.0. The summed E-state index contributed by atoms with van der Waals surface area (Å²) in [6.07, 6.45) is 3.46. The smallest absolute Gasteiger partial charge is 0.244 e. The van der Waals surface area contributed by atoms with Crippen molar-refractivity contribution < 1.29 is 13.2 Å². The number of nitrogens with one attached hydrogen (secondary N) is 1. The van der Waals surface area contributed by atoms with Crippen LogP contribution in [0.3, 0.4) is 0 Å². The summed E-state index contributed by atoms with van der Waals surface area (Å²) in [6.45, 7) is 1.93. The van der Waals surface area contributed by atoms with E-state index in [0.717, 1.165) is 5.82 Å². The number of fused-ring (bicyclic) bond motifs is 2. The Morgan fingerprint density at radius 2 is 2.17 bits per heavy atom. The largest absolute Gasteiger partial charge is 0.486 e. The quantitative estimate of drug-likeness (QED) is 0.857. The fourth-order valence-electron chi connectivity index (χ4n) is 3.16. The number of rotatable bonds is 2. The van der Waals surface area contributed by atoms with Crippen LogP contribution in [0.1, 0.15) is 5.82 Å². The average Bonchev–Trinajstić information content (AvgIpc) is 3.04. The van der Waals surface area contributed by atoms with Gasteiger partial charge in [0.1, 0.15) is 22.6 Å². The summed E-state index contributed by atoms with van der Waals surface area (Å²) >= 11 is 0. The van der Waals surface area contributed by atoms with Gasteiger partial charge in [-0.2, -0.15) is 0 Å². The predicted octanol–water partition coefficient (Wildman–Crippen LogP) is 0.344. The van der Waals surface area contributed by atoms with Crippen molar-refractivity contribution >= 4 is 10.0 Å². The SMILES string of the molecule is Cn1ccnc1CN1CC2NS(=O)(=O)c3ccccc3OC2C1. The summed E-state index contributed by atoms with van der Waals surface area (Å²) in [5.41, 5.74) is 0. The summed E-state index contributed by atoms with van der Waals surface area (Å²) < 4.78 is 35.7. The Morgan fingerprint density at radius 3 is 2.96 bits per heavy atom. The molecule has 0 bridgehead atoms. The van der Waals surface area contributed by atoms with Crippen molar-refractivity contribution in [2.75, 3.05) is 13.1 Å². The number of benzene rings is 1. The van der Waals surface area contributed by atoms with Gasteiger partial charge in [-0.15, -0.1) is 0 Å². The van der Waals surface area contributed by atoms with Crippen molar-refractivity contribution in [1.82, 2.24) is 19.2 Å². The van der Waals surface area contributed by atoms with Gasteiger partial charge in [0.15, 0.2) is 0 Å². The van der Waals surface area contributed by atoms with Gasteiger partial charge >= 0.3 is 0 Å². The van der Waals surface area contributed by atoms with Gasteiger partial charge in [0.25, 0.3) is 0 Å². The molecular formula is C15H18N4O3S. The van der Waals surface area contributed by atoms with Crippen molar-refractivity contribution in [3.05, 3.63) is 42.5 Å². The molecule has 2 unspecified atom stereocenters. The van der Waals surface area contributed by atoms with Crippen molar-refractivity contribution in [2.24, 2.45) is 7.05 Å². The summed E-state index contributed by atoms with van der Waals surface area (Å²) in [4.78, 5) is 6.70. The topological polar surface area (TPSA) is 76.5 Å². The second kappa shape index (κ2) is 5.33. The zero-order valence-electron chi connectivity index (χ0n) is 12.7. The lowest BCUT2D eigenvalue weighted by Crippen LogP contribution is -2.42. The molecule has 1 N–H and O–H groups in total. The second-order valence-corrected chi connectivity index (χ2v) is 7.66. The van der Waals surface area contributed by atoms with Crippen molar-refractivity contribution in [3.8, 4) is 5.75 Å². The Hall–Kier alpha value is -1.90. The van der Waals surface area contributed by atoms with E-state index in [1.54, 1.807) is 30.5 Å². The summed E-state index contributed by atoms with van der Waals surface area (Å²) in [7, 11) is -1.60. The van der Waals surface area contributed by atoms with E-state index in [2.05, 4.69) is 14.6 Å². The van der Waals surface area contributed by atoms with Crippen molar-refractivity contribution in [1.29, 1.82) is 0 Å². The van der Waals surface area contributed by atoms with Crippen LogP contribution in [-0.2, 0) is 23.6 Å². The van der Waals surface area contributed by atoms with Gasteiger partial charge in [0, 0.05) is 32.5 Å². The molecule has 1 fully saturated rings. The highest BCUT2D eigenvalue weighted by molar-refractivity contribution is 7.89. The van der Waals surface area contributed by atoms with Crippen LogP contribution in [0.2, 0.25) is 0 Å². The third kappa shape index (κ3) is 2.62. The molecule has 122 valence electrons. The summed E-state index contributed by atoms with van der Waals surface area (Å²) in [5, 5.41) is 0. The first-order valence-electron chi connectivity index (χ1n) is 7.49. The lowest BCUT2D eigenvalue weighted by atomic mass is 10.2. The lowest BCUT2D eigenvalue weighted by Gasteiger charge is -2.16. The molecule has 1 aromatic heterocycles. The molecule has 2 atom stereocenters. The van der Waals surface area contributed by atoms with E-state index in [-0.39, 0.29) is 17.0 Å². The van der Waals surface area contributed by atoms with Crippen molar-refractivity contribution in [2.45, 2.75) is 23.6 Å². The third-order valence-electron chi connectivity index (χ3n) is 4.35. The molecule has 2 aromatic rings. The monoisotopic (exact) mass is 334 g/mol. The van der Waals surface area contributed by atoms with E-state index in [4.69, 9.17) is 4.74 Å². The van der Waals surface area contributed by atoms with Gasteiger partial charge in [0.2, 0.25) is 10.0 Å². The molecule has 3 heterocycles. The lowest BCUT2D eigenvalue weighted by molar-refractivity contribution is 0.183. The molecule has 23 heavy (non-hydrogen) atoms. The first-order chi connectivity index (χ1) is 11.0. The molecule has 1 saturated heterocycles. The van der Waals surface area contributed by atoms with Crippen LogP contribution in [0.15, 0.2) is 41.6 Å². The minimum absolute atomic E-state index is 0.200. The first-order valence-corrected chi connectivity index (χ1v) is 8.98. The fourth-order valence-corrected chi connectivity index (χ4v) is 4.55. The number of likely N-dealkylation sites (tertiary alicyclic amines) is 1. The van der Waals surface area contributed by atoms with E-state index in [0.29, 0.717) is 25.4 Å². The molecule has 0 aliphatic carbocycles. The maximum Gasteiger partial charge on any atom is 0.244 e. The Balaban J connectivity index is 1.58. The van der Waals surface area contributed by atoms with Gasteiger partial charge in [-0.05, 0) is 12.1 Å². The standard InChI is InChI=1S/C15H18N4O3S/c1-18-7-6-16-15(18)10-19-8-11-13(9-19)22-12-4-2-3-5-14(12)23(20,21)17-11/h2-7,11,13,17H,8-10H2,1H3. The molecule has 0 radical (unpaired) electrons. The highest BCUT2D eigenvalue weighted by Crippen LogP contribution is 2.30. The maximum absolute atomic E-state index is 12.5. The van der Waals surface area contributed by atoms with Crippen molar-refractivity contribution in [3.63, 3.8) is 0 Å². The number of para-hydroxylation sites is 1. The summed E-state index contributed by atoms with van der Waals surface area (Å²) in [5.74, 6) is 1.37. The molecule has 2 aliphatic rings. The molecule has 0 amide bonds. The fraction of sp³-hybridized carbons (Fsp3) is 0.400. The van der Waals surface area contributed by atoms with Gasteiger partial charge in [-0.3, -0.25) is 4.90 Å². The van der Waals surface area contributed by atoms with Crippen LogP contribution in [0.5, 0.6) is 5.75 Å². The van der Waals surface area contributed by atoms with E-state index >= 15 is 0 Å². The average molecular weight is 334 g/mol. The minimum Gasteiger partial charge on any atom is -0.486 e. The zero-order valence-corrected chi connectivity index (χ0v) is 13.5. The maximum atomic E-state index is 12.5. The molecule has 2 aliphatic heterocycles. The van der Waals surface area contributed by atoms with Crippen LogP contribution in [0, 0.1) is 0 Å². The highest BCUT2D eigenvalue weighted by atomic mass is 32.2. The van der Waals surface area contributed by atoms with Gasteiger partial charge in [0.05, 0.1) is 12.6 Å². The Labute approximate surface area is 134 Å². The van der Waals surface area contributed by atoms with Gasteiger partial charge in [-0.25, -0.2) is 18.1 Å². The van der Waals surface area contributed by atoms with Crippen LogP contribution in [0.4, 0.5) is 0 Å². The normalized spacial score (nSPS) is 26.1. The van der Waals surface area contributed by atoms with E-state index in [1.165, 1.54) is 0 Å². The van der Waals surface area contributed by atoms with E-state index in [1.807, 2.05) is 17.8 Å². The molecular weight excluding hydrogens is 316 g/mol. The number of sulfonamides is 1. The Morgan fingerprint density at radius 1 is 1.35 bits per heavy atom. The van der Waals surface area contributed by atoms with E-state index < -0.39 is 10.0 Å². The molecule has 0 saturated carbocycles. The molecule has 4 rings (SSSR count). The number of hydrogen-bond acceptors (Lipinski definition) is 5. The van der Waals surface area contributed by atoms with Crippen LogP contribution in [-0.4, -0.2) is 48.1 Å². The highest BCUT2D eigenvalue weighted by Gasteiger charge is 2.41. The first kappa shape index (κ1) is 14.7. The number of nitrogens with zero attached hydrogens (tertiary/aromatic N) is 3. The van der Waals surface area contributed by atoms with Gasteiger partial charge < -0.3 is 9.30 Å². The van der Waals surface area contributed by atoms with Crippen LogP contribution in [0.25, 0.3) is 0 Å². The number of hydrogen-bond donors (Lipinski definition) is 1. The van der Waals surface area contributed by atoms with Gasteiger partial charge in [-0.1, -0.05) is 12.1 Å². The molecule has 7 nitrogen and oxygen atoms in total. The summed E-state index contributed by atoms with van der Waals surface area (Å²) in [6, 6.07) is 6.51. The van der Waals surface area contributed by atoms with E-state index in [9.17, 15) is 8.42 Å². The molecule has 0 spiro atoms. The number of aromatic nitrogens is 2. The molecule has 8 heteroatoms. The third-order valence-corrected chi connectivity index (χ3v) is 5.88. The number of ether oxygens (including phenoxy) is 1. The van der Waals surface area contributed by atoms with Crippen LogP contribution < -0.4 is 9.46 Å². The Bertz CT molecular complexity index is 833.